The van der Waals surface area contributed by atoms with Gasteiger partial charge < -0.3 is 13.6 Å². The second-order valence-electron chi connectivity index (χ2n) is 5.58. The Balaban J connectivity index is 2.62. The van der Waals surface area contributed by atoms with Crippen molar-refractivity contribution in [3.63, 3.8) is 0 Å². The fraction of sp³-hybridized carbons (Fsp3) is 0.917. The molecule has 6 heteroatoms. The van der Waals surface area contributed by atoms with Crippen molar-refractivity contribution in [2.45, 2.75) is 46.3 Å². The van der Waals surface area contributed by atoms with Gasteiger partial charge in [0.1, 0.15) is 27.3 Å². The predicted octanol–water partition coefficient (Wildman–Crippen LogP) is -0.0879. The fourth-order valence-corrected chi connectivity index (χ4v) is 5.01. The summed E-state index contributed by atoms with van der Waals surface area (Å²) in [6.45, 7) is 6.70. The van der Waals surface area contributed by atoms with Gasteiger partial charge in [0.25, 0.3) is 0 Å². The Kier molecular flexibility index (Phi) is 6.03. The molecule has 0 aromatic rings. The van der Waals surface area contributed by atoms with Crippen molar-refractivity contribution in [1.29, 1.82) is 0 Å². The number of carbonyl (C=O) groups excluding carboxylic acids is 1. The van der Waals surface area contributed by atoms with E-state index in [1.54, 1.807) is 0 Å². The van der Waals surface area contributed by atoms with E-state index < -0.39 is 0 Å². The highest BCUT2D eigenvalue weighted by Gasteiger charge is 2.43. The molecule has 0 radical (unpaired) electrons. The molecule has 0 spiro atoms. The highest BCUT2D eigenvalue weighted by Crippen LogP contribution is 2.45. The summed E-state index contributed by atoms with van der Waals surface area (Å²) in [4.78, 5) is 11.8. The Morgan fingerprint density at radius 3 is 2.44 bits per heavy atom. The summed E-state index contributed by atoms with van der Waals surface area (Å²) in [6, 6.07) is 0. The minimum absolute atomic E-state index is 0.0231. The van der Waals surface area contributed by atoms with Crippen LogP contribution >= 0.6 is 0 Å². The molecule has 0 bridgehead atoms. The first-order valence-electron chi connectivity index (χ1n) is 6.69. The molecule has 18 heavy (non-hydrogen) atoms. The Labute approximate surface area is 116 Å². The molecule has 0 saturated heterocycles. The summed E-state index contributed by atoms with van der Waals surface area (Å²) in [5, 5.41) is 0. The highest BCUT2D eigenvalue weighted by molar-refractivity contribution is 5.99. The lowest BCUT2D eigenvalue weighted by Crippen LogP contribution is -2.39. The van der Waals surface area contributed by atoms with Gasteiger partial charge in [0, 0.05) is 5.41 Å². The van der Waals surface area contributed by atoms with Crippen molar-refractivity contribution in [2.75, 3.05) is 6.61 Å². The smallest absolute Gasteiger partial charge is 0.308 e. The molecule has 2 unspecified atom stereocenters. The summed E-state index contributed by atoms with van der Waals surface area (Å²) in [7, 11) is 1.36. The molecule has 1 rings (SSSR count). The first kappa shape index (κ1) is 15.9. The predicted molar refractivity (Wildman–Crippen MR) is 77.1 cm³/mol. The number of carbonyl (C=O) groups is 1. The van der Waals surface area contributed by atoms with Gasteiger partial charge in [-0.25, -0.2) is 0 Å². The van der Waals surface area contributed by atoms with Gasteiger partial charge in [-0.2, -0.15) is 0 Å². The van der Waals surface area contributed by atoms with Crippen LogP contribution in [0.25, 0.3) is 0 Å². The molecular weight excluding hydrogens is 264 g/mol. The van der Waals surface area contributed by atoms with Crippen molar-refractivity contribution >= 4 is 26.9 Å². The summed E-state index contributed by atoms with van der Waals surface area (Å²) in [5.74, 6) is 0.504. The lowest BCUT2D eigenvalue weighted by Gasteiger charge is -2.38. The molecule has 106 valence electrons. The topological polar surface area (TPSA) is 44.8 Å². The molecule has 0 N–H and O–H groups in total. The third-order valence-electron chi connectivity index (χ3n) is 4.14. The first-order valence-corrected chi connectivity index (χ1v) is 8.32. The zero-order valence-corrected chi connectivity index (χ0v) is 16.2. The lowest BCUT2D eigenvalue weighted by molar-refractivity contribution is -0.148. The van der Waals surface area contributed by atoms with E-state index in [0.717, 1.165) is 19.3 Å². The molecule has 0 aromatic carbocycles. The molecule has 1 fully saturated rings. The molecule has 1 saturated carbocycles. The van der Waals surface area contributed by atoms with Crippen LogP contribution in [0.1, 0.15) is 40.0 Å². The van der Waals surface area contributed by atoms with E-state index >= 15 is 0 Å². The highest BCUT2D eigenvalue weighted by atomic mass is 28.2. The van der Waals surface area contributed by atoms with Crippen LogP contribution in [-0.2, 0) is 18.4 Å². The van der Waals surface area contributed by atoms with E-state index in [4.69, 9.17) is 13.6 Å². The van der Waals surface area contributed by atoms with Crippen molar-refractivity contribution in [3.8, 4) is 0 Å². The average Bonchev–Trinajstić information content (AvgIpc) is 2.80. The Morgan fingerprint density at radius 2 is 1.94 bits per heavy atom. The molecule has 1 aliphatic rings. The van der Waals surface area contributed by atoms with Crippen LogP contribution in [0.2, 0.25) is 0 Å². The third-order valence-corrected chi connectivity index (χ3v) is 5.00. The lowest BCUT2D eigenvalue weighted by atomic mass is 9.77. The second kappa shape index (κ2) is 6.84. The van der Waals surface area contributed by atoms with Crippen LogP contribution in [0, 0.1) is 17.3 Å². The zero-order valence-electron chi connectivity index (χ0n) is 12.2. The molecule has 2 atom stereocenters. The van der Waals surface area contributed by atoms with Crippen LogP contribution in [-0.4, -0.2) is 39.8 Å². The number of ether oxygens (including phenoxy) is 1. The van der Waals surface area contributed by atoms with E-state index in [1.807, 2.05) is 6.92 Å². The second-order valence-corrected chi connectivity index (χ2v) is 6.53. The molecule has 0 amide bonds. The quantitative estimate of drug-likeness (QED) is 0.390. The average molecular weight is 291 g/mol. The van der Waals surface area contributed by atoms with E-state index in [1.165, 1.54) is 0 Å². The van der Waals surface area contributed by atoms with Gasteiger partial charge in [-0.3, -0.25) is 4.79 Å². The molecule has 0 aliphatic heterocycles. The normalized spacial score (nSPS) is 26.4. The van der Waals surface area contributed by atoms with E-state index in [9.17, 15) is 4.79 Å². The standard InChI is InChI=1S/C12H26O4Si2/c1-4-14-10(13)8-5-6-9(7-8)12(2,3)11(15-17)16-18/h8-9,11H,4-7H2,1-3,17-18H3. The van der Waals surface area contributed by atoms with Crippen molar-refractivity contribution < 1.29 is 18.4 Å². The maximum absolute atomic E-state index is 11.8. The van der Waals surface area contributed by atoms with Crippen LogP contribution in [0.3, 0.4) is 0 Å². The zero-order chi connectivity index (χ0) is 13.8. The fourth-order valence-electron chi connectivity index (χ4n) is 3.03. The minimum atomic E-state index is -0.109. The molecular formula is C12H26O4Si2. The molecule has 4 nitrogen and oxygen atoms in total. The van der Waals surface area contributed by atoms with E-state index in [-0.39, 0.29) is 23.6 Å². The van der Waals surface area contributed by atoms with Crippen LogP contribution in [0.5, 0.6) is 0 Å². The van der Waals surface area contributed by atoms with Gasteiger partial charge in [-0.1, -0.05) is 13.8 Å². The van der Waals surface area contributed by atoms with Gasteiger partial charge in [0.15, 0.2) is 0 Å². The monoisotopic (exact) mass is 290 g/mol. The van der Waals surface area contributed by atoms with Crippen molar-refractivity contribution in [1.82, 2.24) is 0 Å². The Hall–Kier alpha value is -0.176. The van der Waals surface area contributed by atoms with Gasteiger partial charge in [0.2, 0.25) is 0 Å². The molecule has 1 aliphatic carbocycles. The third kappa shape index (κ3) is 3.43. The number of esters is 1. The molecule has 0 aromatic heterocycles. The van der Waals surface area contributed by atoms with Crippen LogP contribution in [0.15, 0.2) is 0 Å². The van der Waals surface area contributed by atoms with Gasteiger partial charge >= 0.3 is 5.97 Å². The summed E-state index contributed by atoms with van der Waals surface area (Å²) < 4.78 is 16.2. The van der Waals surface area contributed by atoms with Crippen LogP contribution < -0.4 is 0 Å². The maximum Gasteiger partial charge on any atom is 0.308 e. The number of hydrogen-bond acceptors (Lipinski definition) is 4. The van der Waals surface area contributed by atoms with Crippen molar-refractivity contribution in [2.24, 2.45) is 17.3 Å². The summed E-state index contributed by atoms with van der Waals surface area (Å²) in [6.07, 6.45) is 2.78. The Morgan fingerprint density at radius 1 is 1.33 bits per heavy atom. The minimum Gasteiger partial charge on any atom is -0.466 e. The summed E-state index contributed by atoms with van der Waals surface area (Å²) >= 11 is 0. The van der Waals surface area contributed by atoms with Gasteiger partial charge in [0.05, 0.1) is 12.5 Å². The SMILES string of the molecule is CCOC(=O)C1CCC(C(C)(C)C(O[SiH3])O[SiH3])C1. The van der Waals surface area contributed by atoms with E-state index in [0.29, 0.717) is 33.5 Å². The van der Waals surface area contributed by atoms with Crippen molar-refractivity contribution in [3.05, 3.63) is 0 Å². The molecule has 0 heterocycles. The first-order chi connectivity index (χ1) is 8.47. The van der Waals surface area contributed by atoms with Gasteiger partial charge in [-0.05, 0) is 32.1 Å². The van der Waals surface area contributed by atoms with Crippen LogP contribution in [0.4, 0.5) is 0 Å². The maximum atomic E-state index is 11.8. The van der Waals surface area contributed by atoms with Gasteiger partial charge in [-0.15, -0.1) is 0 Å². The summed E-state index contributed by atoms with van der Waals surface area (Å²) in [5.41, 5.74) is -0.0231. The Bertz CT molecular complexity index is 279. The number of rotatable bonds is 6. The number of hydrogen-bond donors (Lipinski definition) is 0. The largest absolute Gasteiger partial charge is 0.466 e. The van der Waals surface area contributed by atoms with E-state index in [2.05, 4.69) is 13.8 Å².